The number of benzene rings is 1. The largest absolute Gasteiger partial charge is 0.478 e. The summed E-state index contributed by atoms with van der Waals surface area (Å²) in [5.41, 5.74) is 0.447. The Labute approximate surface area is 128 Å². The molecule has 0 fully saturated rings. The zero-order chi connectivity index (χ0) is 15.7. The first-order valence-electron chi connectivity index (χ1n) is 6.61. The summed E-state index contributed by atoms with van der Waals surface area (Å²) >= 11 is 5.92. The maximum absolute atomic E-state index is 11.7. The molecule has 7 heteroatoms. The topological polar surface area (TPSA) is 87.7 Å². The number of urea groups is 1. The highest BCUT2D eigenvalue weighted by Gasteiger charge is 2.09. The van der Waals surface area contributed by atoms with Gasteiger partial charge in [-0.15, -0.1) is 0 Å². The standard InChI is InChI=1S/C14H19ClN2O4/c1-21-8-4-2-3-7-16-14(20)17-12-6-5-10(13(18)19)9-11(12)15/h5-6,9H,2-4,7-8H2,1H3,(H,18,19)(H2,16,17,20). The van der Waals surface area contributed by atoms with Gasteiger partial charge in [-0.1, -0.05) is 11.6 Å². The van der Waals surface area contributed by atoms with E-state index in [4.69, 9.17) is 21.4 Å². The first-order chi connectivity index (χ1) is 10.0. The van der Waals surface area contributed by atoms with E-state index in [2.05, 4.69) is 10.6 Å². The summed E-state index contributed by atoms with van der Waals surface area (Å²) in [6.07, 6.45) is 2.80. The van der Waals surface area contributed by atoms with E-state index < -0.39 is 5.97 Å². The lowest BCUT2D eigenvalue weighted by atomic mass is 10.2. The number of rotatable bonds is 8. The number of amides is 2. The second kappa shape index (κ2) is 9.20. The number of unbranched alkanes of at least 4 members (excludes halogenated alkanes) is 2. The fourth-order valence-corrected chi connectivity index (χ4v) is 1.89. The van der Waals surface area contributed by atoms with E-state index >= 15 is 0 Å². The number of anilines is 1. The lowest BCUT2D eigenvalue weighted by Gasteiger charge is -2.09. The molecule has 0 unspecified atom stereocenters. The van der Waals surface area contributed by atoms with Crippen LogP contribution in [0.4, 0.5) is 10.5 Å². The monoisotopic (exact) mass is 314 g/mol. The van der Waals surface area contributed by atoms with Crippen LogP contribution in [0.5, 0.6) is 0 Å². The maximum Gasteiger partial charge on any atom is 0.335 e. The van der Waals surface area contributed by atoms with Crippen molar-refractivity contribution in [1.29, 1.82) is 0 Å². The average Bonchev–Trinajstić information content (AvgIpc) is 2.44. The molecular weight excluding hydrogens is 296 g/mol. The SMILES string of the molecule is COCCCCCNC(=O)Nc1ccc(C(=O)O)cc1Cl. The van der Waals surface area contributed by atoms with E-state index in [1.54, 1.807) is 7.11 Å². The number of aromatic carboxylic acids is 1. The molecule has 0 atom stereocenters. The minimum atomic E-state index is -1.07. The van der Waals surface area contributed by atoms with Crippen LogP contribution in [0.1, 0.15) is 29.6 Å². The van der Waals surface area contributed by atoms with Gasteiger partial charge in [0, 0.05) is 20.3 Å². The summed E-state index contributed by atoms with van der Waals surface area (Å²) in [5.74, 6) is -1.07. The van der Waals surface area contributed by atoms with Gasteiger partial charge in [-0.05, 0) is 37.5 Å². The Morgan fingerprint density at radius 1 is 1.29 bits per heavy atom. The molecule has 116 valence electrons. The van der Waals surface area contributed by atoms with E-state index in [0.29, 0.717) is 12.2 Å². The maximum atomic E-state index is 11.7. The van der Waals surface area contributed by atoms with Crippen LogP contribution < -0.4 is 10.6 Å². The number of nitrogens with one attached hydrogen (secondary N) is 2. The third kappa shape index (κ3) is 6.46. The lowest BCUT2D eigenvalue weighted by molar-refractivity contribution is 0.0697. The van der Waals surface area contributed by atoms with Crippen LogP contribution >= 0.6 is 11.6 Å². The first-order valence-corrected chi connectivity index (χ1v) is 6.99. The highest BCUT2D eigenvalue weighted by atomic mass is 35.5. The second-order valence-corrected chi connectivity index (χ2v) is 4.84. The molecule has 0 saturated carbocycles. The normalized spacial score (nSPS) is 10.2. The first kappa shape index (κ1) is 17.3. The molecule has 0 saturated heterocycles. The predicted octanol–water partition coefficient (Wildman–Crippen LogP) is 2.98. The number of methoxy groups -OCH3 is 1. The third-order valence-electron chi connectivity index (χ3n) is 2.78. The molecule has 0 aliphatic heterocycles. The Balaban J connectivity index is 2.36. The number of halogens is 1. The molecule has 0 aliphatic carbocycles. The van der Waals surface area contributed by atoms with Gasteiger partial charge in [0.25, 0.3) is 0 Å². The van der Waals surface area contributed by atoms with Crippen molar-refractivity contribution in [2.75, 3.05) is 25.6 Å². The van der Waals surface area contributed by atoms with Crippen LogP contribution in [-0.4, -0.2) is 37.4 Å². The summed E-state index contributed by atoms with van der Waals surface area (Å²) < 4.78 is 4.93. The van der Waals surface area contributed by atoms with Crippen LogP contribution in [0.25, 0.3) is 0 Å². The van der Waals surface area contributed by atoms with E-state index in [-0.39, 0.29) is 16.6 Å². The van der Waals surface area contributed by atoms with Gasteiger partial charge in [-0.25, -0.2) is 9.59 Å². The van der Waals surface area contributed by atoms with Gasteiger partial charge >= 0.3 is 12.0 Å². The van der Waals surface area contributed by atoms with Crippen molar-refractivity contribution in [1.82, 2.24) is 5.32 Å². The van der Waals surface area contributed by atoms with Crippen LogP contribution in [0.2, 0.25) is 5.02 Å². The fourth-order valence-electron chi connectivity index (χ4n) is 1.67. The van der Waals surface area contributed by atoms with Gasteiger partial charge < -0.3 is 20.5 Å². The van der Waals surface area contributed by atoms with Crippen molar-refractivity contribution in [3.63, 3.8) is 0 Å². The number of hydrogen-bond acceptors (Lipinski definition) is 3. The molecule has 21 heavy (non-hydrogen) atoms. The van der Waals surface area contributed by atoms with Gasteiger partial charge in [-0.2, -0.15) is 0 Å². The Hall–Kier alpha value is -1.79. The highest BCUT2D eigenvalue weighted by Crippen LogP contribution is 2.22. The molecule has 0 spiro atoms. The van der Waals surface area contributed by atoms with Crippen LogP contribution in [0.15, 0.2) is 18.2 Å². The summed E-state index contributed by atoms with van der Waals surface area (Å²) in [5, 5.41) is 14.3. The summed E-state index contributed by atoms with van der Waals surface area (Å²) in [6, 6.07) is 3.77. The molecule has 0 heterocycles. The zero-order valence-corrected chi connectivity index (χ0v) is 12.6. The minimum Gasteiger partial charge on any atom is -0.478 e. The van der Waals surface area contributed by atoms with Crippen molar-refractivity contribution < 1.29 is 19.4 Å². The number of carboxylic acids is 1. The lowest BCUT2D eigenvalue weighted by Crippen LogP contribution is -2.29. The van der Waals surface area contributed by atoms with Gasteiger partial charge in [0.1, 0.15) is 0 Å². The van der Waals surface area contributed by atoms with Crippen LogP contribution in [0.3, 0.4) is 0 Å². The van der Waals surface area contributed by atoms with Crippen molar-refractivity contribution in [3.8, 4) is 0 Å². The molecule has 0 bridgehead atoms. The summed E-state index contributed by atoms with van der Waals surface area (Å²) in [6.45, 7) is 1.28. The Bertz CT molecular complexity index is 494. The second-order valence-electron chi connectivity index (χ2n) is 4.43. The van der Waals surface area contributed by atoms with E-state index in [9.17, 15) is 9.59 Å². The molecule has 2 amide bonds. The van der Waals surface area contributed by atoms with E-state index in [1.165, 1.54) is 18.2 Å². The number of carbonyl (C=O) groups is 2. The van der Waals surface area contributed by atoms with Gasteiger partial charge in [-0.3, -0.25) is 0 Å². The molecule has 0 aromatic heterocycles. The molecule has 0 aliphatic rings. The van der Waals surface area contributed by atoms with Crippen LogP contribution in [0, 0.1) is 0 Å². The molecular formula is C14H19ClN2O4. The minimum absolute atomic E-state index is 0.0732. The third-order valence-corrected chi connectivity index (χ3v) is 3.09. The highest BCUT2D eigenvalue weighted by molar-refractivity contribution is 6.34. The zero-order valence-electron chi connectivity index (χ0n) is 11.8. The van der Waals surface area contributed by atoms with Gasteiger partial charge in [0.15, 0.2) is 0 Å². The number of hydrogen-bond donors (Lipinski definition) is 3. The quantitative estimate of drug-likeness (QED) is 0.644. The molecule has 1 aromatic rings. The van der Waals surface area contributed by atoms with E-state index in [1.807, 2.05) is 0 Å². The number of carbonyl (C=O) groups excluding carboxylic acids is 1. The summed E-state index contributed by atoms with van der Waals surface area (Å²) in [4.78, 5) is 22.4. The molecule has 1 rings (SSSR count). The Kier molecular flexibility index (Phi) is 7.56. The molecule has 1 aromatic carbocycles. The Morgan fingerprint density at radius 3 is 2.67 bits per heavy atom. The molecule has 6 nitrogen and oxygen atoms in total. The number of carboxylic acid groups (broad SMARTS) is 1. The van der Waals surface area contributed by atoms with Crippen LogP contribution in [-0.2, 0) is 4.74 Å². The van der Waals surface area contributed by atoms with Crippen molar-refractivity contribution in [2.45, 2.75) is 19.3 Å². The van der Waals surface area contributed by atoms with Crippen molar-refractivity contribution in [3.05, 3.63) is 28.8 Å². The van der Waals surface area contributed by atoms with Gasteiger partial charge in [0.2, 0.25) is 0 Å². The predicted molar refractivity (Wildman–Crippen MR) is 81.2 cm³/mol. The Morgan fingerprint density at radius 2 is 2.05 bits per heavy atom. The fraction of sp³-hybridized carbons (Fsp3) is 0.429. The van der Waals surface area contributed by atoms with Gasteiger partial charge in [0.05, 0.1) is 16.3 Å². The van der Waals surface area contributed by atoms with Crippen molar-refractivity contribution in [2.24, 2.45) is 0 Å². The smallest absolute Gasteiger partial charge is 0.335 e. The van der Waals surface area contributed by atoms with E-state index in [0.717, 1.165) is 25.9 Å². The summed E-state index contributed by atoms with van der Waals surface area (Å²) in [7, 11) is 1.66. The average molecular weight is 315 g/mol. The number of ether oxygens (including phenoxy) is 1. The molecule has 3 N–H and O–H groups in total. The van der Waals surface area contributed by atoms with Crippen molar-refractivity contribution >= 4 is 29.3 Å². The molecule has 0 radical (unpaired) electrons.